The third-order valence-electron chi connectivity index (χ3n) is 2.58. The van der Waals surface area contributed by atoms with Crippen LogP contribution in [-0.2, 0) is 6.54 Å². The Labute approximate surface area is 120 Å². The van der Waals surface area contributed by atoms with Gasteiger partial charge in [-0.1, -0.05) is 18.5 Å². The smallest absolute Gasteiger partial charge is 0.179 e. The van der Waals surface area contributed by atoms with E-state index >= 15 is 0 Å². The van der Waals surface area contributed by atoms with E-state index < -0.39 is 0 Å². The van der Waals surface area contributed by atoms with Gasteiger partial charge in [0.15, 0.2) is 11.5 Å². The van der Waals surface area contributed by atoms with Crippen molar-refractivity contribution in [3.8, 4) is 23.8 Å². The van der Waals surface area contributed by atoms with Crippen LogP contribution in [0, 0.1) is 12.3 Å². The predicted molar refractivity (Wildman–Crippen MR) is 78.9 cm³/mol. The molecule has 1 N–H and O–H groups in total. The van der Waals surface area contributed by atoms with E-state index in [0.29, 0.717) is 29.5 Å². The van der Waals surface area contributed by atoms with Crippen molar-refractivity contribution in [1.29, 1.82) is 0 Å². The van der Waals surface area contributed by atoms with Crippen molar-refractivity contribution in [3.63, 3.8) is 0 Å². The summed E-state index contributed by atoms with van der Waals surface area (Å²) in [4.78, 5) is 0. The highest BCUT2D eigenvalue weighted by molar-refractivity contribution is 6.32. The Kier molecular flexibility index (Phi) is 7.17. The highest BCUT2D eigenvalue weighted by Gasteiger charge is 2.11. The van der Waals surface area contributed by atoms with E-state index in [1.807, 2.05) is 12.1 Å². The van der Waals surface area contributed by atoms with Crippen LogP contribution in [0.2, 0.25) is 5.02 Å². The number of terminal acetylenes is 1. The summed E-state index contributed by atoms with van der Waals surface area (Å²) < 4.78 is 11.0. The van der Waals surface area contributed by atoms with Gasteiger partial charge in [-0.15, -0.1) is 12.3 Å². The Hall–Kier alpha value is -1.37. The van der Waals surface area contributed by atoms with Crippen molar-refractivity contribution >= 4 is 11.6 Å². The molecule has 0 fully saturated rings. The number of hydrogen-bond acceptors (Lipinski definition) is 3. The molecule has 0 spiro atoms. The maximum Gasteiger partial charge on any atom is 0.179 e. The molecule has 1 aromatic rings. The molecule has 0 aliphatic rings. The standard InChI is InChI=1S/C15H20ClNO2/c1-4-6-7-8-19-15-13(16)9-12(11-17-5-2)10-14(15)18-3/h1,9-10,17H,5-8,11H2,2-3H3. The van der Waals surface area contributed by atoms with Gasteiger partial charge in [0.2, 0.25) is 0 Å². The first-order valence-electron chi connectivity index (χ1n) is 6.36. The van der Waals surface area contributed by atoms with Gasteiger partial charge < -0.3 is 14.8 Å². The average Bonchev–Trinajstić information content (AvgIpc) is 2.42. The fourth-order valence-electron chi connectivity index (χ4n) is 1.63. The molecule has 4 heteroatoms. The fourth-order valence-corrected chi connectivity index (χ4v) is 1.92. The summed E-state index contributed by atoms with van der Waals surface area (Å²) in [7, 11) is 1.61. The second-order valence-electron chi connectivity index (χ2n) is 4.05. The minimum absolute atomic E-state index is 0.535. The summed E-state index contributed by atoms with van der Waals surface area (Å²) in [6.07, 6.45) is 6.69. The maximum absolute atomic E-state index is 6.23. The van der Waals surface area contributed by atoms with Crippen molar-refractivity contribution in [2.45, 2.75) is 26.3 Å². The zero-order chi connectivity index (χ0) is 14.1. The molecule has 0 saturated heterocycles. The second kappa shape index (κ2) is 8.68. The summed E-state index contributed by atoms with van der Waals surface area (Å²) in [5, 5.41) is 3.81. The molecule has 3 nitrogen and oxygen atoms in total. The van der Waals surface area contributed by atoms with Gasteiger partial charge >= 0.3 is 0 Å². The molecule has 0 heterocycles. The van der Waals surface area contributed by atoms with Crippen molar-refractivity contribution in [3.05, 3.63) is 22.7 Å². The Bertz CT molecular complexity index is 441. The molecule has 104 valence electrons. The van der Waals surface area contributed by atoms with Gasteiger partial charge in [0.25, 0.3) is 0 Å². The predicted octanol–water partition coefficient (Wildman–Crippen LogP) is 3.25. The second-order valence-corrected chi connectivity index (χ2v) is 4.45. The van der Waals surface area contributed by atoms with Gasteiger partial charge in [-0.3, -0.25) is 0 Å². The summed E-state index contributed by atoms with van der Waals surface area (Å²) in [5.41, 5.74) is 1.07. The molecule has 0 amide bonds. The molecule has 0 aliphatic carbocycles. The first kappa shape index (κ1) is 15.7. The minimum Gasteiger partial charge on any atom is -0.493 e. The van der Waals surface area contributed by atoms with E-state index in [2.05, 4.69) is 18.2 Å². The maximum atomic E-state index is 6.23. The third kappa shape index (κ3) is 5.02. The van der Waals surface area contributed by atoms with Crippen LogP contribution >= 0.6 is 11.6 Å². The molecule has 0 radical (unpaired) electrons. The zero-order valence-electron chi connectivity index (χ0n) is 11.5. The number of benzene rings is 1. The summed E-state index contributed by atoms with van der Waals surface area (Å²) >= 11 is 6.23. The third-order valence-corrected chi connectivity index (χ3v) is 2.86. The van der Waals surface area contributed by atoms with Gasteiger partial charge in [-0.2, -0.15) is 0 Å². The number of hydrogen-bond donors (Lipinski definition) is 1. The molecule has 0 aliphatic heterocycles. The van der Waals surface area contributed by atoms with Crippen LogP contribution in [0.1, 0.15) is 25.3 Å². The molecule has 1 rings (SSSR count). The average molecular weight is 282 g/mol. The fraction of sp³-hybridized carbons (Fsp3) is 0.467. The van der Waals surface area contributed by atoms with Crippen molar-refractivity contribution < 1.29 is 9.47 Å². The van der Waals surface area contributed by atoms with Crippen LogP contribution in [0.5, 0.6) is 11.5 Å². The summed E-state index contributed by atoms with van der Waals surface area (Å²) in [6, 6.07) is 3.83. The SMILES string of the molecule is C#CCCCOc1c(Cl)cc(CNCC)cc1OC. The van der Waals surface area contributed by atoms with E-state index in [9.17, 15) is 0 Å². The highest BCUT2D eigenvalue weighted by Crippen LogP contribution is 2.36. The van der Waals surface area contributed by atoms with E-state index in [0.717, 1.165) is 25.1 Å². The number of rotatable bonds is 8. The first-order valence-corrected chi connectivity index (χ1v) is 6.74. The van der Waals surface area contributed by atoms with Gasteiger partial charge in [0.1, 0.15) is 0 Å². The van der Waals surface area contributed by atoms with E-state index in [1.54, 1.807) is 7.11 Å². The highest BCUT2D eigenvalue weighted by atomic mass is 35.5. The van der Waals surface area contributed by atoms with Gasteiger partial charge in [-0.05, 0) is 30.7 Å². The lowest BCUT2D eigenvalue weighted by Crippen LogP contribution is -2.12. The lowest BCUT2D eigenvalue weighted by molar-refractivity contribution is 0.291. The van der Waals surface area contributed by atoms with Crippen molar-refractivity contribution in [2.75, 3.05) is 20.3 Å². The Morgan fingerprint density at radius 2 is 2.21 bits per heavy atom. The Morgan fingerprint density at radius 3 is 2.84 bits per heavy atom. The molecule has 1 aromatic carbocycles. The molecule has 0 atom stereocenters. The lowest BCUT2D eigenvalue weighted by atomic mass is 10.2. The number of nitrogens with one attached hydrogen (secondary N) is 1. The van der Waals surface area contributed by atoms with Crippen molar-refractivity contribution in [1.82, 2.24) is 5.32 Å². The molecule has 0 aromatic heterocycles. The van der Waals surface area contributed by atoms with Crippen LogP contribution in [0.3, 0.4) is 0 Å². The topological polar surface area (TPSA) is 30.5 Å². The van der Waals surface area contributed by atoms with Crippen LogP contribution in [0.4, 0.5) is 0 Å². The van der Waals surface area contributed by atoms with Crippen LogP contribution in [0.15, 0.2) is 12.1 Å². The largest absolute Gasteiger partial charge is 0.493 e. The lowest BCUT2D eigenvalue weighted by Gasteiger charge is -2.14. The normalized spacial score (nSPS) is 10.0. The Balaban J connectivity index is 2.77. The number of ether oxygens (including phenoxy) is 2. The molecule has 0 saturated carbocycles. The van der Waals surface area contributed by atoms with Gasteiger partial charge in [-0.25, -0.2) is 0 Å². The molecular formula is C15H20ClNO2. The van der Waals surface area contributed by atoms with Gasteiger partial charge in [0, 0.05) is 13.0 Å². The first-order chi connectivity index (χ1) is 9.22. The quantitative estimate of drug-likeness (QED) is 0.586. The molecule has 0 bridgehead atoms. The molecular weight excluding hydrogens is 262 g/mol. The van der Waals surface area contributed by atoms with E-state index in [4.69, 9.17) is 27.5 Å². The van der Waals surface area contributed by atoms with Crippen LogP contribution < -0.4 is 14.8 Å². The summed E-state index contributed by atoms with van der Waals surface area (Å²) in [6.45, 7) is 4.25. The monoisotopic (exact) mass is 281 g/mol. The Morgan fingerprint density at radius 1 is 1.42 bits per heavy atom. The molecule has 0 unspecified atom stereocenters. The van der Waals surface area contributed by atoms with Gasteiger partial charge in [0.05, 0.1) is 18.7 Å². The molecule has 19 heavy (non-hydrogen) atoms. The number of methoxy groups -OCH3 is 1. The van der Waals surface area contributed by atoms with Crippen LogP contribution in [-0.4, -0.2) is 20.3 Å². The number of unbranched alkanes of at least 4 members (excludes halogenated alkanes) is 1. The van der Waals surface area contributed by atoms with E-state index in [1.165, 1.54) is 0 Å². The van der Waals surface area contributed by atoms with Crippen molar-refractivity contribution in [2.24, 2.45) is 0 Å². The van der Waals surface area contributed by atoms with Crippen LogP contribution in [0.25, 0.3) is 0 Å². The van der Waals surface area contributed by atoms with E-state index in [-0.39, 0.29) is 0 Å². The minimum atomic E-state index is 0.535. The number of halogens is 1. The summed E-state index contributed by atoms with van der Waals surface area (Å²) in [5.74, 6) is 3.82. The zero-order valence-corrected chi connectivity index (χ0v) is 12.2.